The molecular formula is C19H15F3N4O2. The molecule has 3 aromatic rings. The van der Waals surface area contributed by atoms with Crippen molar-refractivity contribution in [1.82, 2.24) is 14.7 Å². The number of carbonyl (C=O) groups excluding carboxylic acids is 2. The Hall–Kier alpha value is -3.36. The van der Waals surface area contributed by atoms with Crippen molar-refractivity contribution < 1.29 is 22.8 Å². The van der Waals surface area contributed by atoms with Gasteiger partial charge in [-0.3, -0.25) is 14.0 Å². The van der Waals surface area contributed by atoms with Crippen LogP contribution in [-0.2, 0) is 11.0 Å². The number of nitrogens with zero attached hydrogens (tertiary/aromatic N) is 2. The highest BCUT2D eigenvalue weighted by Crippen LogP contribution is 2.39. The number of nitrogens with two attached hydrogens (primary N) is 1. The molecule has 0 spiro atoms. The number of fused-ring (bicyclic) bond motifs is 1. The van der Waals surface area contributed by atoms with Crippen LogP contribution in [0.2, 0.25) is 0 Å². The van der Waals surface area contributed by atoms with Gasteiger partial charge in [-0.25, -0.2) is 4.98 Å². The van der Waals surface area contributed by atoms with Crippen LogP contribution in [0.25, 0.3) is 16.8 Å². The fourth-order valence-electron chi connectivity index (χ4n) is 3.16. The first-order chi connectivity index (χ1) is 13.2. The summed E-state index contributed by atoms with van der Waals surface area (Å²) >= 11 is 0. The van der Waals surface area contributed by atoms with Crippen LogP contribution in [0, 0.1) is 0 Å². The molecule has 0 bridgehead atoms. The Kier molecular flexibility index (Phi) is 3.91. The fourth-order valence-corrected chi connectivity index (χ4v) is 3.16. The van der Waals surface area contributed by atoms with E-state index in [1.54, 1.807) is 18.2 Å². The zero-order valence-electron chi connectivity index (χ0n) is 14.5. The average Bonchev–Trinajstić information content (AvgIpc) is 3.33. The van der Waals surface area contributed by atoms with Gasteiger partial charge in [-0.1, -0.05) is 24.3 Å². The molecule has 2 amide bonds. The number of imidazole rings is 1. The lowest BCUT2D eigenvalue weighted by atomic mass is 10.0. The number of primary amides is 1. The third-order valence-corrected chi connectivity index (χ3v) is 4.81. The zero-order chi connectivity index (χ0) is 20.1. The maximum atomic E-state index is 13.5. The van der Waals surface area contributed by atoms with Crippen LogP contribution < -0.4 is 11.1 Å². The first kappa shape index (κ1) is 18.0. The lowest BCUT2D eigenvalue weighted by Gasteiger charge is -2.12. The minimum atomic E-state index is -4.58. The standard InChI is InChI=1S/C19H15F3N4O2/c20-19(21,22)12-6-2-1-5-11(12)14-13-7-3-4-10-26(13)15(24-14)16(27)25-18(8-9-18)17(23)28/h1-7,10H,8-9H2,(H2,23,28)(H,25,27). The second-order valence-electron chi connectivity index (χ2n) is 6.68. The predicted molar refractivity (Wildman–Crippen MR) is 94.3 cm³/mol. The number of alkyl halides is 3. The molecule has 4 rings (SSSR count). The predicted octanol–water partition coefficient (Wildman–Crippen LogP) is 2.77. The van der Waals surface area contributed by atoms with E-state index in [9.17, 15) is 22.8 Å². The maximum Gasteiger partial charge on any atom is 0.417 e. The Bertz CT molecular complexity index is 1100. The van der Waals surface area contributed by atoms with Gasteiger partial charge in [-0.15, -0.1) is 0 Å². The number of carbonyl (C=O) groups is 2. The second-order valence-corrected chi connectivity index (χ2v) is 6.68. The minimum Gasteiger partial charge on any atom is -0.368 e. The van der Waals surface area contributed by atoms with Crippen molar-refractivity contribution in [2.45, 2.75) is 24.6 Å². The number of hydrogen-bond acceptors (Lipinski definition) is 3. The summed E-state index contributed by atoms with van der Waals surface area (Å²) in [6.45, 7) is 0. The van der Waals surface area contributed by atoms with Gasteiger partial charge in [0.1, 0.15) is 5.54 Å². The Morgan fingerprint density at radius 2 is 1.79 bits per heavy atom. The topological polar surface area (TPSA) is 89.5 Å². The van der Waals surface area contributed by atoms with Gasteiger partial charge in [0, 0.05) is 11.8 Å². The molecule has 28 heavy (non-hydrogen) atoms. The highest BCUT2D eigenvalue weighted by molar-refractivity contribution is 6.00. The third-order valence-electron chi connectivity index (χ3n) is 4.81. The van der Waals surface area contributed by atoms with Crippen LogP contribution in [0.15, 0.2) is 48.7 Å². The van der Waals surface area contributed by atoms with Gasteiger partial charge in [-0.2, -0.15) is 13.2 Å². The molecule has 0 unspecified atom stereocenters. The molecule has 6 nitrogen and oxygen atoms in total. The number of nitrogens with one attached hydrogen (secondary N) is 1. The molecule has 0 radical (unpaired) electrons. The SMILES string of the molecule is NC(=O)C1(NC(=O)c2nc(-c3ccccc3C(F)(F)F)c3ccccn23)CC1. The summed E-state index contributed by atoms with van der Waals surface area (Å²) in [5, 5.41) is 2.57. The summed E-state index contributed by atoms with van der Waals surface area (Å²) in [7, 11) is 0. The molecule has 9 heteroatoms. The molecular weight excluding hydrogens is 373 g/mol. The molecule has 1 aliphatic carbocycles. The van der Waals surface area contributed by atoms with Crippen LogP contribution in [0.3, 0.4) is 0 Å². The normalized spacial score (nSPS) is 15.4. The van der Waals surface area contributed by atoms with E-state index in [4.69, 9.17) is 5.73 Å². The number of aromatic nitrogens is 2. The van der Waals surface area contributed by atoms with E-state index in [-0.39, 0.29) is 17.1 Å². The van der Waals surface area contributed by atoms with Crippen LogP contribution in [0.4, 0.5) is 13.2 Å². The van der Waals surface area contributed by atoms with E-state index in [0.717, 1.165) is 6.07 Å². The Balaban J connectivity index is 1.85. The van der Waals surface area contributed by atoms with Crippen molar-refractivity contribution in [2.24, 2.45) is 5.73 Å². The summed E-state index contributed by atoms with van der Waals surface area (Å²) in [4.78, 5) is 28.5. The summed E-state index contributed by atoms with van der Waals surface area (Å²) in [5.74, 6) is -1.44. The number of halogens is 3. The molecule has 1 saturated carbocycles. The monoisotopic (exact) mass is 388 g/mol. The van der Waals surface area contributed by atoms with Crippen LogP contribution in [-0.4, -0.2) is 26.7 Å². The summed E-state index contributed by atoms with van der Waals surface area (Å²) in [6, 6.07) is 9.90. The molecule has 0 saturated heterocycles. The summed E-state index contributed by atoms with van der Waals surface area (Å²) < 4.78 is 41.8. The van der Waals surface area contributed by atoms with E-state index >= 15 is 0 Å². The van der Waals surface area contributed by atoms with Crippen molar-refractivity contribution in [3.8, 4) is 11.3 Å². The first-order valence-corrected chi connectivity index (χ1v) is 8.49. The van der Waals surface area contributed by atoms with E-state index < -0.39 is 29.1 Å². The smallest absolute Gasteiger partial charge is 0.368 e. The zero-order valence-corrected chi connectivity index (χ0v) is 14.5. The van der Waals surface area contributed by atoms with E-state index in [0.29, 0.717) is 18.4 Å². The lowest BCUT2D eigenvalue weighted by molar-refractivity contribution is -0.137. The molecule has 0 aliphatic heterocycles. The van der Waals surface area contributed by atoms with Crippen LogP contribution in [0.1, 0.15) is 29.0 Å². The van der Waals surface area contributed by atoms with Crippen molar-refractivity contribution in [3.05, 3.63) is 60.0 Å². The van der Waals surface area contributed by atoms with Gasteiger partial charge in [0.25, 0.3) is 5.91 Å². The average molecular weight is 388 g/mol. The summed E-state index contributed by atoms with van der Waals surface area (Å²) in [6.07, 6.45) is -2.21. The summed E-state index contributed by atoms with van der Waals surface area (Å²) in [5.41, 5.74) is 3.62. The molecule has 0 atom stereocenters. The highest BCUT2D eigenvalue weighted by Gasteiger charge is 2.50. The van der Waals surface area contributed by atoms with Crippen molar-refractivity contribution in [3.63, 3.8) is 0 Å². The Morgan fingerprint density at radius 1 is 1.11 bits per heavy atom. The largest absolute Gasteiger partial charge is 0.417 e. The van der Waals surface area contributed by atoms with Gasteiger partial charge in [-0.05, 0) is 31.0 Å². The second kappa shape index (κ2) is 6.08. The third kappa shape index (κ3) is 2.88. The van der Waals surface area contributed by atoms with Crippen LogP contribution >= 0.6 is 0 Å². The number of rotatable bonds is 4. The van der Waals surface area contributed by atoms with E-state index in [1.807, 2.05) is 0 Å². The van der Waals surface area contributed by atoms with E-state index in [2.05, 4.69) is 10.3 Å². The number of amides is 2. The first-order valence-electron chi connectivity index (χ1n) is 8.49. The molecule has 1 aliphatic rings. The van der Waals surface area contributed by atoms with Crippen molar-refractivity contribution in [1.29, 1.82) is 0 Å². The lowest BCUT2D eigenvalue weighted by Crippen LogP contribution is -2.47. The molecule has 1 fully saturated rings. The minimum absolute atomic E-state index is 0.0302. The maximum absolute atomic E-state index is 13.5. The molecule has 2 aromatic heterocycles. The van der Waals surface area contributed by atoms with Gasteiger partial charge in [0.05, 0.1) is 16.8 Å². The van der Waals surface area contributed by atoms with Crippen LogP contribution in [0.5, 0.6) is 0 Å². The number of pyridine rings is 1. The van der Waals surface area contributed by atoms with E-state index in [1.165, 1.54) is 28.8 Å². The Morgan fingerprint density at radius 3 is 2.43 bits per heavy atom. The van der Waals surface area contributed by atoms with Gasteiger partial charge >= 0.3 is 6.18 Å². The number of benzene rings is 1. The van der Waals surface area contributed by atoms with Gasteiger partial charge < -0.3 is 11.1 Å². The Labute approximate surface area is 157 Å². The molecule has 144 valence electrons. The molecule has 2 heterocycles. The highest BCUT2D eigenvalue weighted by atomic mass is 19.4. The molecule has 1 aromatic carbocycles. The van der Waals surface area contributed by atoms with Gasteiger partial charge in [0.2, 0.25) is 11.7 Å². The fraction of sp³-hybridized carbons (Fsp3) is 0.211. The number of hydrogen-bond donors (Lipinski definition) is 2. The van der Waals surface area contributed by atoms with Gasteiger partial charge in [0.15, 0.2) is 0 Å². The van der Waals surface area contributed by atoms with Crippen molar-refractivity contribution in [2.75, 3.05) is 0 Å². The van der Waals surface area contributed by atoms with Crippen molar-refractivity contribution >= 4 is 17.3 Å². The molecule has 3 N–H and O–H groups in total. The quantitative estimate of drug-likeness (QED) is 0.720.